The van der Waals surface area contributed by atoms with Crippen LogP contribution in [0, 0.1) is 5.82 Å². The van der Waals surface area contributed by atoms with Gasteiger partial charge in [-0.15, -0.1) is 11.8 Å². The van der Waals surface area contributed by atoms with Gasteiger partial charge in [0.1, 0.15) is 5.65 Å². The molecule has 1 aliphatic heterocycles. The zero-order valence-electron chi connectivity index (χ0n) is 11.6. The Hall–Kier alpha value is -2.27. The van der Waals surface area contributed by atoms with Crippen LogP contribution in [0.5, 0.6) is 5.75 Å². The lowest BCUT2D eigenvalue weighted by Crippen LogP contribution is -1.95. The Morgan fingerprint density at radius 3 is 3.05 bits per heavy atom. The van der Waals surface area contributed by atoms with Crippen LogP contribution in [-0.2, 0) is 0 Å². The molecule has 1 atom stereocenters. The highest BCUT2D eigenvalue weighted by molar-refractivity contribution is 8.02. The molecule has 0 amide bonds. The van der Waals surface area contributed by atoms with Gasteiger partial charge in [-0.05, 0) is 23.1 Å². The summed E-state index contributed by atoms with van der Waals surface area (Å²) in [4.78, 5) is 7.53. The van der Waals surface area contributed by atoms with E-state index in [0.717, 1.165) is 27.9 Å². The van der Waals surface area contributed by atoms with E-state index < -0.39 is 5.82 Å². The van der Waals surface area contributed by atoms with Crippen LogP contribution >= 0.6 is 11.8 Å². The third kappa shape index (κ3) is 2.09. The number of nitrogens with one attached hydrogen (secondary N) is 1. The van der Waals surface area contributed by atoms with Gasteiger partial charge in [0, 0.05) is 40.6 Å². The van der Waals surface area contributed by atoms with Gasteiger partial charge in [-0.1, -0.05) is 18.2 Å². The summed E-state index contributed by atoms with van der Waals surface area (Å²) in [5.74, 6) is 0.417. The first-order valence-electron chi connectivity index (χ1n) is 6.97. The van der Waals surface area contributed by atoms with Crippen molar-refractivity contribution < 1.29 is 9.50 Å². The molecule has 3 aromatic rings. The van der Waals surface area contributed by atoms with Gasteiger partial charge >= 0.3 is 0 Å². The van der Waals surface area contributed by atoms with Crippen molar-refractivity contribution in [2.75, 3.05) is 5.75 Å². The minimum atomic E-state index is -0.619. The van der Waals surface area contributed by atoms with Gasteiger partial charge in [0.2, 0.25) is 0 Å². The summed E-state index contributed by atoms with van der Waals surface area (Å²) in [5, 5.41) is 13.0. The molecule has 5 heteroatoms. The van der Waals surface area contributed by atoms with Crippen molar-refractivity contribution in [1.29, 1.82) is 0 Å². The Morgan fingerprint density at radius 2 is 2.23 bits per heavy atom. The third-order valence-corrected chi connectivity index (χ3v) is 4.84. The van der Waals surface area contributed by atoms with E-state index in [4.69, 9.17) is 0 Å². The molecule has 0 bridgehead atoms. The quantitative estimate of drug-likeness (QED) is 0.736. The molecular formula is C17H13FN2OS. The van der Waals surface area contributed by atoms with Crippen LogP contribution in [0.3, 0.4) is 0 Å². The van der Waals surface area contributed by atoms with Gasteiger partial charge < -0.3 is 10.1 Å². The minimum absolute atomic E-state index is 0.329. The zero-order valence-corrected chi connectivity index (χ0v) is 12.4. The van der Waals surface area contributed by atoms with Crippen molar-refractivity contribution in [1.82, 2.24) is 9.97 Å². The summed E-state index contributed by atoms with van der Waals surface area (Å²) in [6.45, 7) is 0. The summed E-state index contributed by atoms with van der Waals surface area (Å²) >= 11 is 1.78. The number of thioether (sulfide) groups is 1. The number of aromatic amines is 1. The van der Waals surface area contributed by atoms with Gasteiger partial charge in [0.25, 0.3) is 0 Å². The van der Waals surface area contributed by atoms with Gasteiger partial charge in [-0.2, -0.15) is 0 Å². The lowest BCUT2D eigenvalue weighted by atomic mass is 9.99. The van der Waals surface area contributed by atoms with Crippen molar-refractivity contribution in [3.63, 3.8) is 0 Å². The molecule has 2 aromatic heterocycles. The average Bonchev–Trinajstić information content (AvgIpc) is 3.18. The number of pyridine rings is 1. The molecule has 110 valence electrons. The Morgan fingerprint density at radius 1 is 1.32 bits per heavy atom. The van der Waals surface area contributed by atoms with Crippen molar-refractivity contribution >= 4 is 22.8 Å². The number of aromatic nitrogens is 2. The summed E-state index contributed by atoms with van der Waals surface area (Å²) in [6.07, 6.45) is 5.80. The third-order valence-electron chi connectivity index (χ3n) is 3.94. The molecule has 0 saturated carbocycles. The molecule has 22 heavy (non-hydrogen) atoms. The smallest absolute Gasteiger partial charge is 0.165 e. The number of H-pyrrole nitrogens is 1. The number of phenols is 1. The van der Waals surface area contributed by atoms with Crippen molar-refractivity contribution in [3.05, 3.63) is 59.5 Å². The maximum Gasteiger partial charge on any atom is 0.165 e. The Balaban J connectivity index is 1.89. The lowest BCUT2D eigenvalue weighted by Gasteiger charge is -2.08. The number of rotatable bonds is 2. The molecule has 1 aliphatic rings. The maximum atomic E-state index is 13.6. The number of benzene rings is 1. The van der Waals surface area contributed by atoms with Gasteiger partial charge in [0.05, 0.1) is 0 Å². The van der Waals surface area contributed by atoms with Crippen LogP contribution in [0.2, 0.25) is 0 Å². The fraction of sp³-hybridized carbons (Fsp3) is 0.118. The molecule has 1 unspecified atom stereocenters. The molecule has 0 spiro atoms. The number of nitrogens with zero attached hydrogens (tertiary/aromatic N) is 1. The van der Waals surface area contributed by atoms with E-state index in [2.05, 4.69) is 27.5 Å². The fourth-order valence-electron chi connectivity index (χ4n) is 2.75. The molecule has 0 aliphatic carbocycles. The predicted molar refractivity (Wildman–Crippen MR) is 87.5 cm³/mol. The van der Waals surface area contributed by atoms with E-state index in [1.54, 1.807) is 30.1 Å². The van der Waals surface area contributed by atoms with Crippen molar-refractivity contribution in [2.24, 2.45) is 0 Å². The SMILES string of the molecule is Oc1c(F)cccc1-c1c[nH]c2ncc(C3C=CSC3)cc12. The van der Waals surface area contributed by atoms with Crippen LogP contribution in [0.4, 0.5) is 4.39 Å². The van der Waals surface area contributed by atoms with Crippen LogP contribution in [0.25, 0.3) is 22.2 Å². The Bertz CT molecular complexity index is 887. The Kier molecular flexibility index (Phi) is 3.15. The highest BCUT2D eigenvalue weighted by Gasteiger charge is 2.17. The highest BCUT2D eigenvalue weighted by Crippen LogP contribution is 2.37. The molecule has 4 rings (SSSR count). The standard InChI is InChI=1S/C17H13FN2OS/c18-15-3-1-2-12(16(15)21)14-8-20-17-13(14)6-11(7-19-17)10-4-5-22-9-10/h1-8,10,21H,9H2,(H,19,20). The molecule has 0 radical (unpaired) electrons. The molecule has 1 aromatic carbocycles. The topological polar surface area (TPSA) is 48.9 Å². The Labute approximate surface area is 130 Å². The zero-order chi connectivity index (χ0) is 15.1. The second kappa shape index (κ2) is 5.18. The predicted octanol–water partition coefficient (Wildman–Crippen LogP) is 4.42. The van der Waals surface area contributed by atoms with Crippen LogP contribution in [0.15, 0.2) is 48.1 Å². The maximum absolute atomic E-state index is 13.6. The van der Waals surface area contributed by atoms with Crippen LogP contribution in [0.1, 0.15) is 11.5 Å². The molecule has 3 nitrogen and oxygen atoms in total. The number of halogens is 1. The van der Waals surface area contributed by atoms with Gasteiger partial charge in [-0.25, -0.2) is 9.37 Å². The van der Waals surface area contributed by atoms with Crippen molar-refractivity contribution in [3.8, 4) is 16.9 Å². The largest absolute Gasteiger partial charge is 0.504 e. The van der Waals surface area contributed by atoms with Gasteiger partial charge in [0.15, 0.2) is 11.6 Å². The molecule has 2 N–H and O–H groups in total. The van der Waals surface area contributed by atoms with Crippen molar-refractivity contribution in [2.45, 2.75) is 5.92 Å². The van der Waals surface area contributed by atoms with E-state index in [-0.39, 0.29) is 5.75 Å². The summed E-state index contributed by atoms with van der Waals surface area (Å²) in [7, 11) is 0. The first kappa shape index (κ1) is 13.4. The number of allylic oxidation sites excluding steroid dienone is 1. The number of hydrogen-bond donors (Lipinski definition) is 2. The van der Waals surface area contributed by atoms with E-state index in [1.165, 1.54) is 6.07 Å². The lowest BCUT2D eigenvalue weighted by molar-refractivity contribution is 0.434. The first-order valence-corrected chi connectivity index (χ1v) is 8.02. The molecule has 0 fully saturated rings. The second-order valence-corrected chi connectivity index (χ2v) is 6.21. The van der Waals surface area contributed by atoms with Crippen LogP contribution < -0.4 is 0 Å². The summed E-state index contributed by atoms with van der Waals surface area (Å²) in [5.41, 5.74) is 3.10. The summed E-state index contributed by atoms with van der Waals surface area (Å²) in [6, 6.07) is 6.62. The highest BCUT2D eigenvalue weighted by atomic mass is 32.2. The minimum Gasteiger partial charge on any atom is -0.504 e. The normalized spacial score (nSPS) is 17.4. The average molecular weight is 312 g/mol. The van der Waals surface area contributed by atoms with E-state index in [1.807, 2.05) is 6.20 Å². The fourth-order valence-corrected chi connectivity index (χ4v) is 3.67. The number of fused-ring (bicyclic) bond motifs is 1. The number of aromatic hydroxyl groups is 1. The number of phenolic OH excluding ortho intramolecular Hbond substituents is 1. The second-order valence-electron chi connectivity index (χ2n) is 5.27. The first-order chi connectivity index (χ1) is 10.7. The van der Waals surface area contributed by atoms with E-state index >= 15 is 0 Å². The van der Waals surface area contributed by atoms with Gasteiger partial charge in [-0.3, -0.25) is 0 Å². The van der Waals surface area contributed by atoms with E-state index in [0.29, 0.717) is 11.5 Å². The van der Waals surface area contributed by atoms with E-state index in [9.17, 15) is 9.50 Å². The van der Waals surface area contributed by atoms with Crippen LogP contribution in [-0.4, -0.2) is 20.8 Å². The molecule has 3 heterocycles. The number of para-hydroxylation sites is 1. The number of hydrogen-bond acceptors (Lipinski definition) is 3. The molecule has 0 saturated heterocycles. The monoisotopic (exact) mass is 312 g/mol. The summed E-state index contributed by atoms with van der Waals surface area (Å²) < 4.78 is 13.6. The molecular weight excluding hydrogens is 299 g/mol.